The van der Waals surface area contributed by atoms with Crippen LogP contribution in [0.2, 0.25) is 0 Å². The molecule has 0 radical (unpaired) electrons. The fourth-order valence-electron chi connectivity index (χ4n) is 7.28. The van der Waals surface area contributed by atoms with Gasteiger partial charge < -0.3 is 9.64 Å². The fraction of sp³-hybridized carbons (Fsp3) is 0.690. The van der Waals surface area contributed by atoms with E-state index in [1.165, 1.54) is 0 Å². The summed E-state index contributed by atoms with van der Waals surface area (Å²) in [6.07, 6.45) is 8.12. The van der Waals surface area contributed by atoms with E-state index in [1.807, 2.05) is 30.3 Å². The van der Waals surface area contributed by atoms with Crippen LogP contribution in [0.1, 0.15) is 84.1 Å². The molecule has 2 bridgehead atoms. The van der Waals surface area contributed by atoms with Gasteiger partial charge in [0.05, 0.1) is 6.07 Å². The number of esters is 1. The Kier molecular flexibility index (Phi) is 7.36. The lowest BCUT2D eigenvalue weighted by Crippen LogP contribution is -2.52. The summed E-state index contributed by atoms with van der Waals surface area (Å²) in [4.78, 5) is 28.1. The molecule has 1 amide bonds. The van der Waals surface area contributed by atoms with E-state index in [0.29, 0.717) is 43.6 Å². The van der Waals surface area contributed by atoms with Gasteiger partial charge in [-0.25, -0.2) is 0 Å². The van der Waals surface area contributed by atoms with Gasteiger partial charge in [0.25, 0.3) is 0 Å². The Bertz CT molecular complexity index is 925. The minimum absolute atomic E-state index is 0.0935. The van der Waals surface area contributed by atoms with Crippen molar-refractivity contribution in [1.29, 1.82) is 5.26 Å². The zero-order valence-electron chi connectivity index (χ0n) is 21.1. The number of hydrogen-bond acceptors (Lipinski definition) is 4. The third-order valence-electron chi connectivity index (χ3n) is 8.44. The number of nitriles is 1. The quantitative estimate of drug-likeness (QED) is 0.487. The Morgan fingerprint density at radius 2 is 1.94 bits per heavy atom. The molecule has 1 aliphatic heterocycles. The second-order valence-corrected chi connectivity index (χ2v) is 11.8. The van der Waals surface area contributed by atoms with Crippen LogP contribution in [0, 0.1) is 34.5 Å². The molecule has 1 heterocycles. The van der Waals surface area contributed by atoms with Crippen molar-refractivity contribution >= 4 is 11.9 Å². The molecule has 0 spiro atoms. The number of benzene rings is 1. The van der Waals surface area contributed by atoms with E-state index in [-0.39, 0.29) is 23.3 Å². The maximum atomic E-state index is 13.3. The van der Waals surface area contributed by atoms with Gasteiger partial charge in [0.2, 0.25) is 5.91 Å². The average molecular weight is 465 g/mol. The van der Waals surface area contributed by atoms with E-state index in [4.69, 9.17) is 4.74 Å². The lowest BCUT2D eigenvalue weighted by atomic mass is 9.56. The van der Waals surface area contributed by atoms with Crippen LogP contribution >= 0.6 is 0 Å². The number of likely N-dealkylation sites (tertiary alicyclic amines) is 1. The van der Waals surface area contributed by atoms with Gasteiger partial charge in [-0.3, -0.25) is 9.59 Å². The molecule has 1 aromatic carbocycles. The molecule has 1 aromatic rings. The van der Waals surface area contributed by atoms with Gasteiger partial charge in [-0.2, -0.15) is 5.26 Å². The van der Waals surface area contributed by atoms with Crippen molar-refractivity contribution in [2.45, 2.75) is 96.6 Å². The highest BCUT2D eigenvalue weighted by Crippen LogP contribution is 2.56. The monoisotopic (exact) mass is 464 g/mol. The van der Waals surface area contributed by atoms with Crippen LogP contribution in [-0.2, 0) is 20.7 Å². The summed E-state index contributed by atoms with van der Waals surface area (Å²) in [6.45, 7) is 7.22. The molecule has 0 N–H and O–H groups in total. The summed E-state index contributed by atoms with van der Waals surface area (Å²) in [5.74, 6) is 1.40. The molecule has 34 heavy (non-hydrogen) atoms. The first-order chi connectivity index (χ1) is 16.2. The summed E-state index contributed by atoms with van der Waals surface area (Å²) < 4.78 is 6.35. The fourth-order valence-corrected chi connectivity index (χ4v) is 7.28. The highest BCUT2D eigenvalue weighted by Gasteiger charge is 2.53. The molecule has 0 aromatic heterocycles. The van der Waals surface area contributed by atoms with E-state index in [0.717, 1.165) is 50.5 Å². The molecule has 2 aliphatic carbocycles. The van der Waals surface area contributed by atoms with E-state index in [1.54, 1.807) is 4.90 Å². The summed E-state index contributed by atoms with van der Waals surface area (Å²) in [5, 5.41) is 9.53. The number of hydrogen-bond donors (Lipinski definition) is 0. The van der Waals surface area contributed by atoms with Crippen molar-refractivity contribution in [2.75, 3.05) is 6.54 Å². The molecule has 6 atom stereocenters. The predicted molar refractivity (Wildman–Crippen MR) is 132 cm³/mol. The third kappa shape index (κ3) is 5.65. The number of fused-ring (bicyclic) bond motifs is 2. The number of amides is 1. The molecule has 6 unspecified atom stereocenters. The van der Waals surface area contributed by atoms with Crippen LogP contribution in [0.5, 0.6) is 0 Å². The van der Waals surface area contributed by atoms with E-state index < -0.39 is 5.60 Å². The number of nitrogens with zero attached hydrogens (tertiary/aromatic N) is 2. The lowest BCUT2D eigenvalue weighted by Gasteiger charge is -2.54. The smallest absolute Gasteiger partial charge is 0.306 e. The van der Waals surface area contributed by atoms with Gasteiger partial charge in [-0.05, 0) is 73.7 Å². The number of rotatable bonds is 7. The van der Waals surface area contributed by atoms with E-state index in [9.17, 15) is 14.9 Å². The van der Waals surface area contributed by atoms with Gasteiger partial charge in [0.15, 0.2) is 0 Å². The van der Waals surface area contributed by atoms with Crippen molar-refractivity contribution in [2.24, 2.45) is 23.2 Å². The number of aryl methyl sites for hydroxylation is 1. The van der Waals surface area contributed by atoms with Crippen molar-refractivity contribution in [3.63, 3.8) is 0 Å². The first-order valence-electron chi connectivity index (χ1n) is 13.2. The van der Waals surface area contributed by atoms with Crippen LogP contribution in [-0.4, -0.2) is 35.0 Å². The van der Waals surface area contributed by atoms with Gasteiger partial charge in [0, 0.05) is 19.4 Å². The third-order valence-corrected chi connectivity index (χ3v) is 8.44. The molecular weight excluding hydrogens is 424 g/mol. The molecular formula is C29H40N2O3. The Labute approximate surface area is 204 Å². The molecule has 5 heteroatoms. The van der Waals surface area contributed by atoms with Crippen LogP contribution in [0.25, 0.3) is 0 Å². The highest BCUT2D eigenvalue weighted by molar-refractivity contribution is 5.78. The Hall–Kier alpha value is -2.35. The van der Waals surface area contributed by atoms with E-state index in [2.05, 4.69) is 26.8 Å². The van der Waals surface area contributed by atoms with Crippen molar-refractivity contribution in [1.82, 2.24) is 4.90 Å². The highest BCUT2D eigenvalue weighted by atomic mass is 16.6. The first-order valence-corrected chi connectivity index (χ1v) is 13.2. The molecule has 3 aliphatic rings. The maximum absolute atomic E-state index is 13.3. The number of carbonyl (C=O) groups excluding carboxylic acids is 2. The van der Waals surface area contributed by atoms with Crippen LogP contribution < -0.4 is 0 Å². The minimum atomic E-state index is -0.461. The van der Waals surface area contributed by atoms with Crippen molar-refractivity contribution in [3.8, 4) is 6.07 Å². The SMILES string of the molecule is CCC1CC2CC(C)(CC(=O)N3CC(C)CC3C#N)CC(OC(=O)CCc3ccccc3)(C1)C2. The molecule has 4 rings (SSSR count). The Balaban J connectivity index is 1.46. The molecule has 184 valence electrons. The first kappa shape index (κ1) is 24.8. The molecule has 3 fully saturated rings. The zero-order chi connectivity index (χ0) is 24.3. The van der Waals surface area contributed by atoms with Crippen LogP contribution in [0.4, 0.5) is 0 Å². The van der Waals surface area contributed by atoms with Gasteiger partial charge in [-0.1, -0.05) is 57.5 Å². The largest absolute Gasteiger partial charge is 0.459 e. The van der Waals surface area contributed by atoms with Gasteiger partial charge >= 0.3 is 5.97 Å². The number of carbonyl (C=O) groups is 2. The normalized spacial score (nSPS) is 34.9. The molecule has 5 nitrogen and oxygen atoms in total. The van der Waals surface area contributed by atoms with Crippen molar-refractivity contribution in [3.05, 3.63) is 35.9 Å². The van der Waals surface area contributed by atoms with Crippen LogP contribution in [0.3, 0.4) is 0 Å². The summed E-state index contributed by atoms with van der Waals surface area (Å²) >= 11 is 0. The minimum Gasteiger partial charge on any atom is -0.459 e. The Morgan fingerprint density at radius 3 is 2.65 bits per heavy atom. The summed E-state index contributed by atoms with van der Waals surface area (Å²) in [6, 6.07) is 12.1. The van der Waals surface area contributed by atoms with Gasteiger partial charge in [0.1, 0.15) is 11.6 Å². The maximum Gasteiger partial charge on any atom is 0.306 e. The standard InChI is InChI=1S/C29H40N2O3/c1-4-22-13-24-14-28(3,17-26(32)31-19-21(2)12-25(31)18-30)20-29(15-22,16-24)34-27(33)11-10-23-8-6-5-7-9-23/h5-9,21-22,24-25H,4,10-17,19-20H2,1-3H3. The van der Waals surface area contributed by atoms with E-state index >= 15 is 0 Å². The van der Waals surface area contributed by atoms with Crippen LogP contribution in [0.15, 0.2) is 30.3 Å². The topological polar surface area (TPSA) is 70.4 Å². The zero-order valence-corrected chi connectivity index (χ0v) is 21.1. The Morgan fingerprint density at radius 1 is 1.18 bits per heavy atom. The average Bonchev–Trinajstić information content (AvgIpc) is 3.18. The molecule has 1 saturated heterocycles. The second-order valence-electron chi connectivity index (χ2n) is 11.8. The lowest BCUT2D eigenvalue weighted by molar-refractivity contribution is -0.183. The predicted octanol–water partition coefficient (Wildman–Crippen LogP) is 5.68. The summed E-state index contributed by atoms with van der Waals surface area (Å²) in [5.41, 5.74) is 0.484. The second kappa shape index (κ2) is 10.1. The number of ether oxygens (including phenoxy) is 1. The van der Waals surface area contributed by atoms with Gasteiger partial charge in [-0.15, -0.1) is 0 Å². The summed E-state index contributed by atoms with van der Waals surface area (Å²) in [7, 11) is 0. The van der Waals surface area contributed by atoms with Crippen molar-refractivity contribution < 1.29 is 14.3 Å². The molecule has 2 saturated carbocycles.